The Morgan fingerprint density at radius 2 is 1.32 bits per heavy atom. The first-order valence-corrected chi connectivity index (χ1v) is 8.37. The van der Waals surface area contributed by atoms with Crippen LogP contribution >= 0.6 is 15.9 Å². The van der Waals surface area contributed by atoms with Gasteiger partial charge in [0.1, 0.15) is 0 Å². The standard InChI is InChI=1S/C21H17Br/c1-21(2)19-6-4-3-5-17(19)18-13-15(9-12-20(18)21)14-7-10-16(22)11-8-14/h3-13H,1-2H3. The van der Waals surface area contributed by atoms with E-state index in [0.717, 1.165) is 4.47 Å². The van der Waals surface area contributed by atoms with Crippen LogP contribution in [0.4, 0.5) is 0 Å². The van der Waals surface area contributed by atoms with E-state index in [1.165, 1.54) is 33.4 Å². The summed E-state index contributed by atoms with van der Waals surface area (Å²) in [7, 11) is 0. The lowest BCUT2D eigenvalue weighted by molar-refractivity contribution is 0.660. The number of hydrogen-bond acceptors (Lipinski definition) is 0. The first-order chi connectivity index (χ1) is 10.6. The SMILES string of the molecule is CC1(C)c2ccccc2-c2cc(-c3ccc(Br)cc3)ccc21. The highest BCUT2D eigenvalue weighted by Gasteiger charge is 2.34. The van der Waals surface area contributed by atoms with Crippen molar-refractivity contribution in [3.63, 3.8) is 0 Å². The molecule has 1 heteroatoms. The number of halogens is 1. The molecule has 108 valence electrons. The molecule has 0 saturated carbocycles. The van der Waals surface area contributed by atoms with Crippen LogP contribution in [0, 0.1) is 0 Å². The smallest absolute Gasteiger partial charge is 0.0175 e. The van der Waals surface area contributed by atoms with Gasteiger partial charge in [0, 0.05) is 9.89 Å². The second-order valence-electron chi connectivity index (χ2n) is 6.44. The fourth-order valence-electron chi connectivity index (χ4n) is 3.54. The highest BCUT2D eigenvalue weighted by molar-refractivity contribution is 9.10. The average molecular weight is 349 g/mol. The number of fused-ring (bicyclic) bond motifs is 3. The molecule has 4 rings (SSSR count). The molecular weight excluding hydrogens is 332 g/mol. The van der Waals surface area contributed by atoms with Gasteiger partial charge in [-0.25, -0.2) is 0 Å². The first kappa shape index (κ1) is 13.8. The zero-order valence-electron chi connectivity index (χ0n) is 12.7. The molecule has 0 N–H and O–H groups in total. The zero-order chi connectivity index (χ0) is 15.3. The summed E-state index contributed by atoms with van der Waals surface area (Å²) in [6.45, 7) is 4.63. The fourth-order valence-corrected chi connectivity index (χ4v) is 3.81. The molecule has 0 aliphatic heterocycles. The summed E-state index contributed by atoms with van der Waals surface area (Å²) < 4.78 is 1.11. The largest absolute Gasteiger partial charge is 0.0619 e. The Morgan fingerprint density at radius 3 is 2.09 bits per heavy atom. The third-order valence-corrected chi connectivity index (χ3v) is 5.29. The molecule has 0 amide bonds. The predicted octanol–water partition coefficient (Wildman–Crippen LogP) is 6.42. The van der Waals surface area contributed by atoms with E-state index < -0.39 is 0 Å². The van der Waals surface area contributed by atoms with Crippen molar-refractivity contribution in [2.24, 2.45) is 0 Å². The van der Waals surface area contributed by atoms with Crippen molar-refractivity contribution in [1.29, 1.82) is 0 Å². The van der Waals surface area contributed by atoms with Crippen LogP contribution in [0.2, 0.25) is 0 Å². The second kappa shape index (κ2) is 4.82. The van der Waals surface area contributed by atoms with Crippen LogP contribution in [0.3, 0.4) is 0 Å². The lowest BCUT2D eigenvalue weighted by atomic mass is 9.82. The van der Waals surface area contributed by atoms with Crippen LogP contribution in [-0.4, -0.2) is 0 Å². The monoisotopic (exact) mass is 348 g/mol. The minimum atomic E-state index is 0.0875. The van der Waals surface area contributed by atoms with Gasteiger partial charge in [0.05, 0.1) is 0 Å². The third kappa shape index (κ3) is 1.96. The van der Waals surface area contributed by atoms with Gasteiger partial charge in [-0.1, -0.05) is 78.3 Å². The third-order valence-electron chi connectivity index (χ3n) is 4.76. The van der Waals surface area contributed by atoms with Gasteiger partial charge in [0.25, 0.3) is 0 Å². The van der Waals surface area contributed by atoms with Crippen LogP contribution in [0.1, 0.15) is 25.0 Å². The molecule has 22 heavy (non-hydrogen) atoms. The molecule has 3 aromatic carbocycles. The molecule has 0 atom stereocenters. The second-order valence-corrected chi connectivity index (χ2v) is 7.35. The normalized spacial score (nSPS) is 14.5. The van der Waals surface area contributed by atoms with Crippen molar-refractivity contribution in [3.8, 4) is 22.3 Å². The van der Waals surface area contributed by atoms with Crippen molar-refractivity contribution >= 4 is 15.9 Å². The summed E-state index contributed by atoms with van der Waals surface area (Å²) in [6.07, 6.45) is 0. The Hall–Kier alpha value is -1.86. The summed E-state index contributed by atoms with van der Waals surface area (Å²) in [5.74, 6) is 0. The van der Waals surface area contributed by atoms with E-state index in [1.54, 1.807) is 0 Å². The quantitative estimate of drug-likeness (QED) is 0.475. The van der Waals surface area contributed by atoms with Crippen LogP contribution in [0.25, 0.3) is 22.3 Å². The van der Waals surface area contributed by atoms with Gasteiger partial charge in [-0.2, -0.15) is 0 Å². The Bertz CT molecular complexity index is 857. The van der Waals surface area contributed by atoms with Gasteiger partial charge < -0.3 is 0 Å². The molecule has 0 radical (unpaired) electrons. The van der Waals surface area contributed by atoms with E-state index in [-0.39, 0.29) is 5.41 Å². The zero-order valence-corrected chi connectivity index (χ0v) is 14.3. The summed E-state index contributed by atoms with van der Waals surface area (Å²) in [5.41, 5.74) is 8.23. The maximum Gasteiger partial charge on any atom is 0.0175 e. The van der Waals surface area contributed by atoms with Gasteiger partial charge in [-0.15, -0.1) is 0 Å². The molecule has 0 aromatic heterocycles. The van der Waals surface area contributed by atoms with Gasteiger partial charge in [0.15, 0.2) is 0 Å². The van der Waals surface area contributed by atoms with Crippen LogP contribution < -0.4 is 0 Å². The Balaban J connectivity index is 1.92. The molecule has 0 unspecified atom stereocenters. The summed E-state index contributed by atoms with van der Waals surface area (Å²) >= 11 is 3.50. The Morgan fingerprint density at radius 1 is 0.682 bits per heavy atom. The van der Waals surface area contributed by atoms with E-state index in [0.29, 0.717) is 0 Å². The van der Waals surface area contributed by atoms with Gasteiger partial charge in [-0.05, 0) is 51.6 Å². The molecular formula is C21H17Br. The molecule has 0 fully saturated rings. The first-order valence-electron chi connectivity index (χ1n) is 7.58. The molecule has 1 aliphatic rings. The minimum Gasteiger partial charge on any atom is -0.0619 e. The molecule has 1 aliphatic carbocycles. The van der Waals surface area contributed by atoms with E-state index in [1.807, 2.05) is 0 Å². The van der Waals surface area contributed by atoms with E-state index in [2.05, 4.69) is 96.5 Å². The van der Waals surface area contributed by atoms with Crippen molar-refractivity contribution in [3.05, 3.63) is 82.3 Å². The maximum atomic E-state index is 3.50. The van der Waals surface area contributed by atoms with Crippen molar-refractivity contribution < 1.29 is 0 Å². The predicted molar refractivity (Wildman–Crippen MR) is 97.1 cm³/mol. The van der Waals surface area contributed by atoms with Gasteiger partial charge in [0.2, 0.25) is 0 Å². The van der Waals surface area contributed by atoms with Crippen LogP contribution in [-0.2, 0) is 5.41 Å². The molecule has 0 heterocycles. The van der Waals surface area contributed by atoms with E-state index >= 15 is 0 Å². The molecule has 0 spiro atoms. The average Bonchev–Trinajstić information content (AvgIpc) is 2.77. The molecule has 0 bridgehead atoms. The molecule has 3 aromatic rings. The molecule has 0 saturated heterocycles. The molecule has 0 nitrogen and oxygen atoms in total. The van der Waals surface area contributed by atoms with Gasteiger partial charge in [-0.3, -0.25) is 0 Å². The summed E-state index contributed by atoms with van der Waals surface area (Å²) in [5, 5.41) is 0. The topological polar surface area (TPSA) is 0 Å². The van der Waals surface area contributed by atoms with Crippen molar-refractivity contribution in [2.45, 2.75) is 19.3 Å². The lowest BCUT2D eigenvalue weighted by Gasteiger charge is -2.21. The van der Waals surface area contributed by atoms with Crippen molar-refractivity contribution in [1.82, 2.24) is 0 Å². The number of benzene rings is 3. The van der Waals surface area contributed by atoms with Crippen molar-refractivity contribution in [2.75, 3.05) is 0 Å². The van der Waals surface area contributed by atoms with Gasteiger partial charge >= 0.3 is 0 Å². The Kier molecular flexibility index (Phi) is 3.02. The van der Waals surface area contributed by atoms with E-state index in [9.17, 15) is 0 Å². The highest BCUT2D eigenvalue weighted by atomic mass is 79.9. The van der Waals surface area contributed by atoms with Crippen LogP contribution in [0.15, 0.2) is 71.2 Å². The fraction of sp³-hybridized carbons (Fsp3) is 0.143. The summed E-state index contributed by atoms with van der Waals surface area (Å²) in [4.78, 5) is 0. The minimum absolute atomic E-state index is 0.0875. The number of rotatable bonds is 1. The summed E-state index contributed by atoms with van der Waals surface area (Å²) in [6, 6.07) is 24.2. The number of hydrogen-bond donors (Lipinski definition) is 0. The Labute approximate surface area is 140 Å². The van der Waals surface area contributed by atoms with Crippen LogP contribution in [0.5, 0.6) is 0 Å². The highest BCUT2D eigenvalue weighted by Crippen LogP contribution is 2.49. The lowest BCUT2D eigenvalue weighted by Crippen LogP contribution is -2.14. The maximum absolute atomic E-state index is 3.50. The van der Waals surface area contributed by atoms with E-state index in [4.69, 9.17) is 0 Å².